The van der Waals surface area contributed by atoms with Gasteiger partial charge in [-0.3, -0.25) is 0 Å². The first-order chi connectivity index (χ1) is 10.3. The third-order valence-electron chi connectivity index (χ3n) is 3.82. The van der Waals surface area contributed by atoms with Crippen molar-refractivity contribution in [1.29, 1.82) is 0 Å². The van der Waals surface area contributed by atoms with E-state index in [1.54, 1.807) is 12.0 Å². The summed E-state index contributed by atoms with van der Waals surface area (Å²) in [5.74, 6) is 0.667. The predicted molar refractivity (Wildman–Crippen MR) is 83.2 cm³/mol. The van der Waals surface area contributed by atoms with Crippen LogP contribution in [0.2, 0.25) is 0 Å². The molecule has 1 atom stereocenters. The van der Waals surface area contributed by atoms with Gasteiger partial charge in [0.25, 0.3) is 0 Å². The first kappa shape index (κ1) is 16.3. The van der Waals surface area contributed by atoms with Crippen LogP contribution >= 0.6 is 0 Å². The molecule has 0 unspecified atom stereocenters. The van der Waals surface area contributed by atoms with Crippen LogP contribution in [0, 0.1) is 0 Å². The monoisotopic (exact) mass is 305 g/mol. The molecule has 0 aliphatic carbocycles. The van der Waals surface area contributed by atoms with Crippen molar-refractivity contribution in [2.45, 2.75) is 38.2 Å². The average molecular weight is 305 g/mol. The van der Waals surface area contributed by atoms with Crippen molar-refractivity contribution >= 4 is 12.4 Å². The average Bonchev–Trinajstić information content (AvgIpc) is 2.91. The Labute approximate surface area is 131 Å². The second kappa shape index (κ2) is 5.99. The Hall–Kier alpha value is -2.04. The summed E-state index contributed by atoms with van der Waals surface area (Å²) in [7, 11) is 1.58. The molecule has 0 bridgehead atoms. The van der Waals surface area contributed by atoms with Crippen LogP contribution in [0.25, 0.3) is 0 Å². The third kappa shape index (κ3) is 3.24. The van der Waals surface area contributed by atoms with E-state index in [-0.39, 0.29) is 6.09 Å². The van der Waals surface area contributed by atoms with Gasteiger partial charge in [-0.15, -0.1) is 0 Å². The van der Waals surface area contributed by atoms with Crippen LogP contribution < -0.4 is 4.74 Å². The van der Waals surface area contributed by atoms with E-state index in [4.69, 9.17) is 9.47 Å². The molecular formula is C17H23NO4. The molecule has 5 heteroatoms. The van der Waals surface area contributed by atoms with Gasteiger partial charge in [0.1, 0.15) is 17.6 Å². The number of rotatable bonds is 3. The molecule has 0 spiro atoms. The standard InChI is InChI=1S/C17H23NO4/c1-16(2,3)22-15(20)18-10-9-17(11-18,12-19)13-7-5-6-8-14(13)21-4/h5-8,12H,9-11H2,1-4H3/t17-/m1/s1. The lowest BCUT2D eigenvalue weighted by Gasteiger charge is -2.27. The molecule has 2 rings (SSSR count). The van der Waals surface area contributed by atoms with Gasteiger partial charge in [0.2, 0.25) is 0 Å². The lowest BCUT2D eigenvalue weighted by Crippen LogP contribution is -2.38. The fourth-order valence-electron chi connectivity index (χ4n) is 2.75. The van der Waals surface area contributed by atoms with Crippen LogP contribution in [0.15, 0.2) is 24.3 Å². The maximum absolute atomic E-state index is 12.2. The summed E-state index contributed by atoms with van der Waals surface area (Å²) in [6, 6.07) is 7.45. The molecule has 22 heavy (non-hydrogen) atoms. The zero-order valence-corrected chi connectivity index (χ0v) is 13.6. The molecule has 1 fully saturated rings. The summed E-state index contributed by atoms with van der Waals surface area (Å²) in [5.41, 5.74) is -0.462. The Morgan fingerprint density at radius 2 is 2.00 bits per heavy atom. The number of para-hydroxylation sites is 1. The van der Waals surface area contributed by atoms with Gasteiger partial charge < -0.3 is 19.2 Å². The Balaban J connectivity index is 2.24. The van der Waals surface area contributed by atoms with Gasteiger partial charge in [0, 0.05) is 18.7 Å². The molecule has 1 saturated heterocycles. The number of hydrogen-bond acceptors (Lipinski definition) is 4. The molecule has 1 aliphatic rings. The van der Waals surface area contributed by atoms with Crippen LogP contribution in [-0.4, -0.2) is 43.1 Å². The van der Waals surface area contributed by atoms with Gasteiger partial charge in [-0.1, -0.05) is 18.2 Å². The smallest absolute Gasteiger partial charge is 0.410 e. The fraction of sp³-hybridized carbons (Fsp3) is 0.529. The summed E-state index contributed by atoms with van der Waals surface area (Å²) in [4.78, 5) is 25.6. The number of carbonyl (C=O) groups is 2. The van der Waals surface area contributed by atoms with Crippen molar-refractivity contribution in [2.24, 2.45) is 0 Å². The lowest BCUT2D eigenvalue weighted by atomic mass is 9.80. The van der Waals surface area contributed by atoms with E-state index >= 15 is 0 Å². The summed E-state index contributed by atoms with van der Waals surface area (Å²) in [6.07, 6.45) is 1.11. The van der Waals surface area contributed by atoms with Gasteiger partial charge in [-0.25, -0.2) is 4.79 Å². The Bertz CT molecular complexity index is 564. The number of aldehydes is 1. The minimum Gasteiger partial charge on any atom is -0.496 e. The first-order valence-electron chi connectivity index (χ1n) is 7.39. The highest BCUT2D eigenvalue weighted by Gasteiger charge is 2.44. The number of ether oxygens (including phenoxy) is 2. The highest BCUT2D eigenvalue weighted by Crippen LogP contribution is 2.38. The van der Waals surface area contributed by atoms with E-state index in [0.29, 0.717) is 25.3 Å². The molecule has 0 aromatic heterocycles. The molecule has 0 radical (unpaired) electrons. The summed E-state index contributed by atoms with van der Waals surface area (Å²) < 4.78 is 10.8. The van der Waals surface area contributed by atoms with Crippen LogP contribution in [0.5, 0.6) is 5.75 Å². The summed E-state index contributed by atoms with van der Waals surface area (Å²) in [5, 5.41) is 0. The topological polar surface area (TPSA) is 55.8 Å². The number of amides is 1. The van der Waals surface area contributed by atoms with Crippen molar-refractivity contribution in [3.63, 3.8) is 0 Å². The minimum atomic E-state index is -0.733. The molecule has 0 N–H and O–H groups in total. The van der Waals surface area contributed by atoms with Crippen molar-refractivity contribution in [3.8, 4) is 5.75 Å². The minimum absolute atomic E-state index is 0.311. The second-order valence-electron chi connectivity index (χ2n) is 6.63. The van der Waals surface area contributed by atoms with E-state index in [9.17, 15) is 9.59 Å². The molecule has 1 heterocycles. The van der Waals surface area contributed by atoms with Crippen molar-refractivity contribution in [3.05, 3.63) is 29.8 Å². The van der Waals surface area contributed by atoms with E-state index < -0.39 is 11.0 Å². The number of hydrogen-bond donors (Lipinski definition) is 0. The van der Waals surface area contributed by atoms with E-state index in [1.807, 2.05) is 45.0 Å². The number of methoxy groups -OCH3 is 1. The fourth-order valence-corrected chi connectivity index (χ4v) is 2.75. The molecule has 1 aromatic carbocycles. The molecule has 5 nitrogen and oxygen atoms in total. The van der Waals surface area contributed by atoms with Gasteiger partial charge in [-0.2, -0.15) is 0 Å². The van der Waals surface area contributed by atoms with Crippen molar-refractivity contribution in [1.82, 2.24) is 4.90 Å². The van der Waals surface area contributed by atoms with E-state index in [0.717, 1.165) is 11.8 Å². The SMILES string of the molecule is COc1ccccc1[C@]1(C=O)CCN(C(=O)OC(C)(C)C)C1. The number of likely N-dealkylation sites (tertiary alicyclic amines) is 1. The zero-order chi connectivity index (χ0) is 16.4. The normalized spacial score (nSPS) is 21.5. The summed E-state index contributed by atoms with van der Waals surface area (Å²) in [6.45, 7) is 6.29. The quantitative estimate of drug-likeness (QED) is 0.806. The highest BCUT2D eigenvalue weighted by molar-refractivity contribution is 5.76. The molecule has 1 amide bonds. The Morgan fingerprint density at radius 3 is 2.59 bits per heavy atom. The van der Waals surface area contributed by atoms with Crippen molar-refractivity contribution < 1.29 is 19.1 Å². The maximum Gasteiger partial charge on any atom is 0.410 e. The number of benzene rings is 1. The maximum atomic E-state index is 12.2. The lowest BCUT2D eigenvalue weighted by molar-refractivity contribution is -0.112. The van der Waals surface area contributed by atoms with E-state index in [1.165, 1.54) is 0 Å². The Morgan fingerprint density at radius 1 is 1.32 bits per heavy atom. The molecule has 1 aliphatic heterocycles. The highest BCUT2D eigenvalue weighted by atomic mass is 16.6. The number of carbonyl (C=O) groups excluding carboxylic acids is 2. The van der Waals surface area contributed by atoms with Crippen molar-refractivity contribution in [2.75, 3.05) is 20.2 Å². The molecule has 120 valence electrons. The number of nitrogens with zero attached hydrogens (tertiary/aromatic N) is 1. The largest absolute Gasteiger partial charge is 0.496 e. The van der Waals surface area contributed by atoms with Gasteiger partial charge >= 0.3 is 6.09 Å². The Kier molecular flexibility index (Phi) is 4.44. The molecule has 1 aromatic rings. The van der Waals surface area contributed by atoms with Gasteiger partial charge in [0.15, 0.2) is 0 Å². The van der Waals surface area contributed by atoms with E-state index in [2.05, 4.69) is 0 Å². The second-order valence-corrected chi connectivity index (χ2v) is 6.63. The molecule has 0 saturated carbocycles. The van der Waals surface area contributed by atoms with Crippen LogP contribution in [-0.2, 0) is 14.9 Å². The van der Waals surface area contributed by atoms with Crippen LogP contribution in [0.1, 0.15) is 32.8 Å². The van der Waals surface area contributed by atoms with Crippen LogP contribution in [0.3, 0.4) is 0 Å². The zero-order valence-electron chi connectivity index (χ0n) is 13.6. The third-order valence-corrected chi connectivity index (χ3v) is 3.82. The predicted octanol–water partition coefficient (Wildman–Crippen LogP) is 2.77. The van der Waals surface area contributed by atoms with Crippen LogP contribution in [0.4, 0.5) is 4.79 Å². The molecular weight excluding hydrogens is 282 g/mol. The van der Waals surface area contributed by atoms with Gasteiger partial charge in [0.05, 0.1) is 12.5 Å². The first-order valence-corrected chi connectivity index (χ1v) is 7.39. The van der Waals surface area contributed by atoms with Gasteiger partial charge in [-0.05, 0) is 33.3 Å². The summed E-state index contributed by atoms with van der Waals surface area (Å²) >= 11 is 0.